The van der Waals surface area contributed by atoms with E-state index in [9.17, 15) is 22.8 Å². The molecule has 1 aliphatic heterocycles. The number of nitrogens with one attached hydrogen (secondary N) is 2. The fourth-order valence-corrected chi connectivity index (χ4v) is 3.27. The minimum Gasteiger partial charge on any atom is -0.404 e. The van der Waals surface area contributed by atoms with Crippen molar-refractivity contribution in [3.05, 3.63) is 54.4 Å². The molecule has 3 aromatic rings. The maximum atomic E-state index is 12.9. The summed E-state index contributed by atoms with van der Waals surface area (Å²) in [6.45, 7) is 1.91. The van der Waals surface area contributed by atoms with Crippen molar-refractivity contribution in [1.29, 1.82) is 0 Å². The molecule has 2 N–H and O–H groups in total. The van der Waals surface area contributed by atoms with Gasteiger partial charge in [0.25, 0.3) is 17.6 Å². The number of rotatable bonds is 7. The second-order valence-corrected chi connectivity index (χ2v) is 7.44. The summed E-state index contributed by atoms with van der Waals surface area (Å²) in [6.07, 6.45) is -4.98. The summed E-state index contributed by atoms with van der Waals surface area (Å²) in [4.78, 5) is 30.8. The Bertz CT molecular complexity index is 1180. The van der Waals surface area contributed by atoms with Crippen LogP contribution in [0.4, 0.5) is 24.5 Å². The molecule has 2 amide bonds. The summed E-state index contributed by atoms with van der Waals surface area (Å²) in [5, 5.41) is 8.51. The van der Waals surface area contributed by atoms with Gasteiger partial charge in [-0.25, -0.2) is 0 Å². The lowest BCUT2D eigenvalue weighted by atomic mass is 10.2. The number of carbonyl (C=O) groups is 2. The average Bonchev–Trinajstić information content (AvgIpc) is 3.32. The fraction of sp³-hybridized carbons (Fsp3) is 0.273. The van der Waals surface area contributed by atoms with Gasteiger partial charge in [0.15, 0.2) is 5.75 Å². The summed E-state index contributed by atoms with van der Waals surface area (Å²) in [7, 11) is 0. The first-order valence-corrected chi connectivity index (χ1v) is 10.5. The third-order valence-electron chi connectivity index (χ3n) is 4.86. The highest BCUT2D eigenvalue weighted by Gasteiger charge is 2.32. The predicted octanol–water partition coefficient (Wildman–Crippen LogP) is 3.16. The molecule has 0 saturated carbocycles. The van der Waals surface area contributed by atoms with Crippen LogP contribution in [0.5, 0.6) is 5.75 Å². The Hall–Kier alpha value is -3.97. The molecule has 1 aromatic heterocycles. The normalized spacial score (nSPS) is 14.4. The molecular weight excluding hydrogens is 471 g/mol. The zero-order chi connectivity index (χ0) is 24.8. The Morgan fingerprint density at radius 1 is 1.06 bits per heavy atom. The zero-order valence-corrected chi connectivity index (χ0v) is 18.2. The van der Waals surface area contributed by atoms with Crippen LogP contribution in [-0.2, 0) is 9.53 Å². The van der Waals surface area contributed by atoms with Gasteiger partial charge in [0.2, 0.25) is 5.91 Å². The van der Waals surface area contributed by atoms with Gasteiger partial charge in [-0.2, -0.15) is 4.98 Å². The van der Waals surface area contributed by atoms with E-state index in [1.165, 1.54) is 6.07 Å². The first kappa shape index (κ1) is 24.2. The lowest BCUT2D eigenvalue weighted by Crippen LogP contribution is -2.41. The van der Waals surface area contributed by atoms with E-state index in [1.54, 1.807) is 35.2 Å². The van der Waals surface area contributed by atoms with Gasteiger partial charge in [-0.15, -0.1) is 13.2 Å². The number of carbonyl (C=O) groups excluding carboxylic acids is 2. The highest BCUT2D eigenvalue weighted by Crippen LogP contribution is 2.33. The number of hydrogen-bond donors (Lipinski definition) is 2. The minimum absolute atomic E-state index is 0.0451. The third kappa shape index (κ3) is 6.77. The fourth-order valence-electron chi connectivity index (χ4n) is 3.27. The molecule has 2 aromatic carbocycles. The van der Waals surface area contributed by atoms with Crippen LogP contribution in [-0.4, -0.2) is 66.1 Å². The summed E-state index contributed by atoms with van der Waals surface area (Å²) in [6, 6.07) is 12.1. The van der Waals surface area contributed by atoms with Crippen molar-refractivity contribution < 1.29 is 36.8 Å². The maximum absolute atomic E-state index is 12.9. The number of halogens is 3. The van der Waals surface area contributed by atoms with Crippen LogP contribution in [0.1, 0.15) is 10.6 Å². The Balaban J connectivity index is 1.49. The van der Waals surface area contributed by atoms with Crippen molar-refractivity contribution in [2.75, 3.05) is 43.5 Å². The molecule has 10 nitrogen and oxygen atoms in total. The van der Waals surface area contributed by atoms with Crippen LogP contribution >= 0.6 is 0 Å². The molecule has 2 heterocycles. The molecule has 0 spiro atoms. The monoisotopic (exact) mass is 491 g/mol. The zero-order valence-electron chi connectivity index (χ0n) is 18.2. The van der Waals surface area contributed by atoms with Gasteiger partial charge >= 0.3 is 6.36 Å². The van der Waals surface area contributed by atoms with E-state index in [1.807, 2.05) is 0 Å². The molecule has 1 aliphatic rings. The van der Waals surface area contributed by atoms with Gasteiger partial charge in [0.05, 0.1) is 25.4 Å². The highest BCUT2D eigenvalue weighted by molar-refractivity contribution is 6.02. The van der Waals surface area contributed by atoms with Gasteiger partial charge in [-0.3, -0.25) is 14.5 Å². The Kier molecular flexibility index (Phi) is 7.27. The van der Waals surface area contributed by atoms with E-state index >= 15 is 0 Å². The number of hydrogen-bond acceptors (Lipinski definition) is 8. The number of ether oxygens (including phenoxy) is 2. The Labute approximate surface area is 197 Å². The summed E-state index contributed by atoms with van der Waals surface area (Å²) >= 11 is 0. The first-order chi connectivity index (χ1) is 16.8. The number of anilines is 2. The van der Waals surface area contributed by atoms with Crippen LogP contribution in [0.15, 0.2) is 53.1 Å². The molecule has 184 valence electrons. The van der Waals surface area contributed by atoms with E-state index < -0.39 is 23.9 Å². The van der Waals surface area contributed by atoms with Crippen LogP contribution in [0.2, 0.25) is 0 Å². The summed E-state index contributed by atoms with van der Waals surface area (Å²) in [5.74, 6) is -2.09. The number of benzene rings is 2. The van der Waals surface area contributed by atoms with Crippen LogP contribution in [0.3, 0.4) is 0 Å². The highest BCUT2D eigenvalue weighted by atomic mass is 19.4. The quantitative estimate of drug-likeness (QED) is 0.518. The van der Waals surface area contributed by atoms with Crippen molar-refractivity contribution >= 4 is 23.2 Å². The topological polar surface area (TPSA) is 119 Å². The van der Waals surface area contributed by atoms with Gasteiger partial charge in [0.1, 0.15) is 0 Å². The van der Waals surface area contributed by atoms with Gasteiger partial charge < -0.3 is 24.6 Å². The number of aromatic nitrogens is 2. The predicted molar refractivity (Wildman–Crippen MR) is 117 cm³/mol. The molecule has 1 saturated heterocycles. The molecule has 0 unspecified atom stereocenters. The lowest BCUT2D eigenvalue weighted by Gasteiger charge is -2.26. The van der Waals surface area contributed by atoms with Crippen LogP contribution in [0, 0.1) is 0 Å². The van der Waals surface area contributed by atoms with E-state index in [2.05, 4.69) is 25.5 Å². The van der Waals surface area contributed by atoms with Crippen molar-refractivity contribution in [2.45, 2.75) is 6.36 Å². The molecule has 0 radical (unpaired) electrons. The lowest BCUT2D eigenvalue weighted by molar-refractivity contribution is -0.274. The summed E-state index contributed by atoms with van der Waals surface area (Å²) in [5.41, 5.74) is 0.423. The van der Waals surface area contributed by atoms with Gasteiger partial charge in [-0.1, -0.05) is 23.4 Å². The van der Waals surface area contributed by atoms with Crippen molar-refractivity contribution in [3.8, 4) is 17.2 Å². The Morgan fingerprint density at radius 2 is 1.80 bits per heavy atom. The van der Waals surface area contributed by atoms with Crippen LogP contribution in [0.25, 0.3) is 11.5 Å². The number of morpholine rings is 1. The largest absolute Gasteiger partial charge is 0.573 e. The number of nitrogens with zero attached hydrogens (tertiary/aromatic N) is 3. The van der Waals surface area contributed by atoms with E-state index in [4.69, 9.17) is 9.26 Å². The SMILES string of the molecule is O=C(CN1CCOCC1)Nc1cc(NC(=O)c2noc(-c3ccccc3)n2)ccc1OC(F)(F)F. The third-order valence-corrected chi connectivity index (χ3v) is 4.86. The van der Waals surface area contributed by atoms with Crippen molar-refractivity contribution in [3.63, 3.8) is 0 Å². The smallest absolute Gasteiger partial charge is 0.404 e. The van der Waals surface area contributed by atoms with E-state index in [0.717, 1.165) is 12.1 Å². The van der Waals surface area contributed by atoms with E-state index in [0.29, 0.717) is 31.9 Å². The first-order valence-electron chi connectivity index (χ1n) is 10.5. The summed E-state index contributed by atoms with van der Waals surface area (Å²) < 4.78 is 52.9. The van der Waals surface area contributed by atoms with Crippen molar-refractivity contribution in [2.24, 2.45) is 0 Å². The molecule has 4 rings (SSSR count). The molecule has 35 heavy (non-hydrogen) atoms. The molecule has 0 aliphatic carbocycles. The van der Waals surface area contributed by atoms with Gasteiger partial charge in [-0.05, 0) is 30.3 Å². The number of alkyl halides is 3. The molecular formula is C22H20F3N5O5. The van der Waals surface area contributed by atoms with E-state index in [-0.39, 0.29) is 29.6 Å². The van der Waals surface area contributed by atoms with Crippen LogP contribution < -0.4 is 15.4 Å². The second kappa shape index (κ2) is 10.5. The minimum atomic E-state index is -4.98. The molecule has 0 bridgehead atoms. The average molecular weight is 491 g/mol. The molecule has 13 heteroatoms. The standard InChI is InChI=1S/C22H20F3N5O5/c23-22(24,25)34-17-7-6-15(12-16(17)27-18(31)13-30-8-10-33-11-9-30)26-20(32)19-28-21(35-29-19)14-4-2-1-3-5-14/h1-7,12H,8-11,13H2,(H,26,32)(H,27,31). The van der Waals surface area contributed by atoms with Gasteiger partial charge in [0, 0.05) is 24.3 Å². The molecule has 0 atom stereocenters. The second-order valence-electron chi connectivity index (χ2n) is 7.44. The maximum Gasteiger partial charge on any atom is 0.573 e. The van der Waals surface area contributed by atoms with Crippen molar-refractivity contribution in [1.82, 2.24) is 15.0 Å². The Morgan fingerprint density at radius 3 is 2.51 bits per heavy atom. The number of amides is 2. The molecule has 1 fully saturated rings.